The molecule has 0 saturated heterocycles. The van der Waals surface area contributed by atoms with E-state index in [1.807, 2.05) is 30.3 Å². The first-order chi connectivity index (χ1) is 13.9. The van der Waals surface area contributed by atoms with Gasteiger partial charge in [0.05, 0.1) is 33.8 Å². The van der Waals surface area contributed by atoms with Gasteiger partial charge in [-0.15, -0.1) is 0 Å². The van der Waals surface area contributed by atoms with Crippen LogP contribution in [0.2, 0.25) is 0 Å². The quantitative estimate of drug-likeness (QED) is 0.672. The van der Waals surface area contributed by atoms with Crippen molar-refractivity contribution in [2.24, 2.45) is 0 Å². The first kappa shape index (κ1) is 20.3. The van der Waals surface area contributed by atoms with Gasteiger partial charge in [-0.2, -0.15) is 4.31 Å². The van der Waals surface area contributed by atoms with Gasteiger partial charge >= 0.3 is 4.87 Å². The molecule has 3 aromatic rings. The van der Waals surface area contributed by atoms with E-state index in [1.165, 1.54) is 11.4 Å². The summed E-state index contributed by atoms with van der Waals surface area (Å²) in [6.07, 6.45) is 2.45. The van der Waals surface area contributed by atoms with Crippen LogP contribution in [0, 0.1) is 0 Å². The van der Waals surface area contributed by atoms with Crippen LogP contribution in [0.15, 0.2) is 58.2 Å². The summed E-state index contributed by atoms with van der Waals surface area (Å²) in [4.78, 5) is 12.6. The Kier molecular flexibility index (Phi) is 5.61. The fourth-order valence-electron chi connectivity index (χ4n) is 3.98. The molecule has 4 rings (SSSR count). The first-order valence-corrected chi connectivity index (χ1v) is 12.0. The van der Waals surface area contributed by atoms with E-state index in [1.54, 1.807) is 22.8 Å². The molecule has 1 saturated carbocycles. The lowest BCUT2D eigenvalue weighted by Crippen LogP contribution is -2.46. The summed E-state index contributed by atoms with van der Waals surface area (Å²) in [6, 6.07) is 14.1. The molecule has 1 N–H and O–H groups in total. The Morgan fingerprint density at radius 2 is 1.86 bits per heavy atom. The molecule has 2 aromatic carbocycles. The van der Waals surface area contributed by atoms with Gasteiger partial charge in [-0.25, -0.2) is 8.42 Å². The summed E-state index contributed by atoms with van der Waals surface area (Å²) < 4.78 is 29.9. The molecule has 1 fully saturated rings. The molecule has 1 aromatic heterocycles. The summed E-state index contributed by atoms with van der Waals surface area (Å²) >= 11 is 1.05. The Morgan fingerprint density at radius 3 is 2.59 bits per heavy atom. The molecule has 0 spiro atoms. The molecule has 154 valence electrons. The first-order valence-electron chi connectivity index (χ1n) is 9.71. The second-order valence-corrected chi connectivity index (χ2v) is 10.5. The van der Waals surface area contributed by atoms with Crippen molar-refractivity contribution in [2.45, 2.75) is 49.3 Å². The van der Waals surface area contributed by atoms with Gasteiger partial charge in [-0.1, -0.05) is 54.5 Å². The van der Waals surface area contributed by atoms with Crippen LogP contribution in [0.5, 0.6) is 0 Å². The molecule has 29 heavy (non-hydrogen) atoms. The predicted molar refractivity (Wildman–Crippen MR) is 115 cm³/mol. The van der Waals surface area contributed by atoms with Gasteiger partial charge in [0.2, 0.25) is 10.0 Å². The third kappa shape index (κ3) is 3.90. The van der Waals surface area contributed by atoms with Crippen molar-refractivity contribution in [3.8, 4) is 0 Å². The van der Waals surface area contributed by atoms with Crippen molar-refractivity contribution in [3.05, 3.63) is 63.8 Å². The lowest BCUT2D eigenvalue weighted by atomic mass is 9.93. The minimum Gasteiger partial charge on any atom is -0.391 e. The largest absolute Gasteiger partial charge is 0.391 e. The van der Waals surface area contributed by atoms with Gasteiger partial charge in [-0.05, 0) is 36.6 Å². The summed E-state index contributed by atoms with van der Waals surface area (Å²) in [5, 5.41) is 10.3. The molecule has 6 nitrogen and oxygen atoms in total. The van der Waals surface area contributed by atoms with Crippen molar-refractivity contribution in [2.75, 3.05) is 7.05 Å². The normalized spacial score (nSPS) is 20.4. The van der Waals surface area contributed by atoms with Crippen molar-refractivity contribution < 1.29 is 13.5 Å². The van der Waals surface area contributed by atoms with E-state index in [4.69, 9.17) is 0 Å². The highest BCUT2D eigenvalue weighted by atomic mass is 32.2. The second-order valence-electron chi connectivity index (χ2n) is 7.51. The zero-order valence-corrected chi connectivity index (χ0v) is 17.8. The minimum absolute atomic E-state index is 0.116. The molecule has 1 aliphatic rings. The lowest BCUT2D eigenvalue weighted by molar-refractivity contribution is 0.0638. The smallest absolute Gasteiger partial charge is 0.308 e. The van der Waals surface area contributed by atoms with Gasteiger partial charge in [0.15, 0.2) is 0 Å². The Bertz CT molecular complexity index is 1170. The number of thiazole rings is 1. The Morgan fingerprint density at radius 1 is 1.14 bits per heavy atom. The number of nitrogens with zero attached hydrogens (tertiary/aromatic N) is 2. The molecule has 2 atom stereocenters. The fraction of sp³-hybridized carbons (Fsp3) is 0.381. The summed E-state index contributed by atoms with van der Waals surface area (Å²) in [5.41, 5.74) is 1.74. The zero-order chi connectivity index (χ0) is 20.6. The fourth-order valence-corrected chi connectivity index (χ4v) is 6.43. The number of hydrogen-bond acceptors (Lipinski definition) is 5. The van der Waals surface area contributed by atoms with Crippen molar-refractivity contribution >= 4 is 31.6 Å². The Labute approximate surface area is 174 Å². The standard InChI is InChI=1S/C21H24N2O4S2/c1-22(17-9-5-6-10-19(17)24)29(26,27)16-11-12-18-20(13-16)28-21(25)23(18)14-15-7-3-2-4-8-15/h2-4,7-8,11-13,17,19,24H,5-6,9-10,14H2,1H3/t17-,19-/m1/s1. The van der Waals surface area contributed by atoms with Crippen LogP contribution in [0.4, 0.5) is 0 Å². The molecular formula is C21H24N2O4S2. The third-order valence-corrected chi connectivity index (χ3v) is 8.48. The highest BCUT2D eigenvalue weighted by molar-refractivity contribution is 7.89. The van der Waals surface area contributed by atoms with E-state index in [9.17, 15) is 18.3 Å². The van der Waals surface area contributed by atoms with Gasteiger partial charge in [0.25, 0.3) is 0 Å². The Hall–Kier alpha value is -2.00. The van der Waals surface area contributed by atoms with Gasteiger partial charge < -0.3 is 5.11 Å². The van der Waals surface area contributed by atoms with Crippen LogP contribution in [-0.4, -0.2) is 41.6 Å². The molecule has 8 heteroatoms. The van der Waals surface area contributed by atoms with Gasteiger partial charge in [-0.3, -0.25) is 9.36 Å². The molecule has 1 aliphatic carbocycles. The molecule has 0 radical (unpaired) electrons. The average Bonchev–Trinajstić information content (AvgIpc) is 3.03. The number of rotatable bonds is 5. The topological polar surface area (TPSA) is 79.6 Å². The number of fused-ring (bicyclic) bond motifs is 1. The van der Waals surface area contributed by atoms with E-state index in [-0.39, 0.29) is 9.77 Å². The number of aliphatic hydroxyl groups is 1. The van der Waals surface area contributed by atoms with Crippen LogP contribution in [-0.2, 0) is 16.6 Å². The Balaban J connectivity index is 1.68. The minimum atomic E-state index is -3.76. The van der Waals surface area contributed by atoms with E-state index in [2.05, 4.69) is 0 Å². The van der Waals surface area contributed by atoms with Crippen LogP contribution < -0.4 is 4.87 Å². The highest BCUT2D eigenvalue weighted by Gasteiger charge is 2.34. The summed E-state index contributed by atoms with van der Waals surface area (Å²) in [7, 11) is -2.23. The maximum absolute atomic E-state index is 13.1. The van der Waals surface area contributed by atoms with Gasteiger partial charge in [0.1, 0.15) is 0 Å². The number of benzene rings is 2. The molecule has 1 heterocycles. The maximum Gasteiger partial charge on any atom is 0.308 e. The highest BCUT2D eigenvalue weighted by Crippen LogP contribution is 2.29. The summed E-state index contributed by atoms with van der Waals surface area (Å²) in [6.45, 7) is 0.444. The van der Waals surface area contributed by atoms with Gasteiger partial charge in [0, 0.05) is 7.05 Å². The molecule has 0 bridgehead atoms. The molecule has 0 unspecified atom stereocenters. The van der Waals surface area contributed by atoms with Crippen molar-refractivity contribution in [3.63, 3.8) is 0 Å². The van der Waals surface area contributed by atoms with E-state index < -0.39 is 22.2 Å². The SMILES string of the molecule is CN([C@@H]1CCCC[C@H]1O)S(=O)(=O)c1ccc2c(c1)sc(=O)n2Cc1ccccc1. The third-order valence-electron chi connectivity index (χ3n) is 5.66. The van der Waals surface area contributed by atoms with Crippen molar-refractivity contribution in [1.82, 2.24) is 8.87 Å². The molecular weight excluding hydrogens is 408 g/mol. The van der Waals surface area contributed by atoms with Crippen LogP contribution >= 0.6 is 11.3 Å². The van der Waals surface area contributed by atoms with E-state index in [0.29, 0.717) is 24.1 Å². The van der Waals surface area contributed by atoms with E-state index >= 15 is 0 Å². The summed E-state index contributed by atoms with van der Waals surface area (Å²) in [5.74, 6) is 0. The van der Waals surface area contributed by atoms with Crippen molar-refractivity contribution in [1.29, 1.82) is 0 Å². The molecule has 0 aliphatic heterocycles. The van der Waals surface area contributed by atoms with Crippen LogP contribution in [0.1, 0.15) is 31.2 Å². The number of hydrogen-bond donors (Lipinski definition) is 1. The maximum atomic E-state index is 13.1. The van der Waals surface area contributed by atoms with Crippen LogP contribution in [0.3, 0.4) is 0 Å². The molecule has 0 amide bonds. The van der Waals surface area contributed by atoms with E-state index in [0.717, 1.165) is 35.3 Å². The number of likely N-dealkylation sites (N-methyl/N-ethyl adjacent to an activating group) is 1. The second kappa shape index (κ2) is 8.02. The average molecular weight is 433 g/mol. The predicted octanol–water partition coefficient (Wildman–Crippen LogP) is 3.04. The number of aromatic nitrogens is 1. The zero-order valence-electron chi connectivity index (χ0n) is 16.2. The van der Waals surface area contributed by atoms with Crippen LogP contribution in [0.25, 0.3) is 10.2 Å². The lowest BCUT2D eigenvalue weighted by Gasteiger charge is -2.34. The number of aliphatic hydroxyl groups excluding tert-OH is 1. The number of sulfonamides is 1. The monoisotopic (exact) mass is 432 g/mol.